The van der Waals surface area contributed by atoms with Gasteiger partial charge in [0, 0.05) is 4.88 Å². The molecule has 0 amide bonds. The van der Waals surface area contributed by atoms with Crippen LogP contribution >= 0.6 is 11.3 Å². The van der Waals surface area contributed by atoms with E-state index in [1.807, 2.05) is 13.8 Å². The largest absolute Gasteiger partial charge is 0.477 e. The van der Waals surface area contributed by atoms with Crippen LogP contribution < -0.4 is 5.73 Å². The van der Waals surface area contributed by atoms with Crippen molar-refractivity contribution in [2.45, 2.75) is 19.8 Å². The van der Waals surface area contributed by atoms with Gasteiger partial charge in [-0.3, -0.25) is 0 Å². The second kappa shape index (κ2) is 5.01. The average molecular weight is 279 g/mol. The molecule has 0 saturated heterocycles. The molecule has 0 saturated carbocycles. The van der Waals surface area contributed by atoms with Gasteiger partial charge in [0.25, 0.3) is 0 Å². The van der Waals surface area contributed by atoms with Crippen molar-refractivity contribution in [2.24, 2.45) is 0 Å². The van der Waals surface area contributed by atoms with Crippen LogP contribution in [0.2, 0.25) is 0 Å². The Morgan fingerprint density at radius 1 is 1.42 bits per heavy atom. The topological polar surface area (TPSA) is 63.3 Å². The van der Waals surface area contributed by atoms with Gasteiger partial charge in [0.15, 0.2) is 0 Å². The minimum atomic E-state index is -1.05. The van der Waals surface area contributed by atoms with Crippen molar-refractivity contribution < 1.29 is 14.3 Å². The predicted molar refractivity (Wildman–Crippen MR) is 75.2 cm³/mol. The minimum absolute atomic E-state index is 0.0719. The van der Waals surface area contributed by atoms with Gasteiger partial charge in [-0.1, -0.05) is 26.0 Å². The zero-order valence-corrected chi connectivity index (χ0v) is 11.4. The van der Waals surface area contributed by atoms with Gasteiger partial charge in [-0.05, 0) is 29.2 Å². The number of rotatable bonds is 3. The van der Waals surface area contributed by atoms with Crippen LogP contribution in [0.4, 0.5) is 10.1 Å². The number of anilines is 1. The van der Waals surface area contributed by atoms with E-state index in [4.69, 9.17) is 10.8 Å². The van der Waals surface area contributed by atoms with Gasteiger partial charge in [-0.25, -0.2) is 9.18 Å². The Kier molecular flexibility index (Phi) is 3.57. The lowest BCUT2D eigenvalue weighted by atomic mass is 9.98. The molecule has 1 aromatic heterocycles. The number of halogens is 1. The van der Waals surface area contributed by atoms with Crippen LogP contribution in [-0.2, 0) is 0 Å². The maximum Gasteiger partial charge on any atom is 0.348 e. The lowest BCUT2D eigenvalue weighted by Crippen LogP contribution is -2.00. The Bertz CT molecular complexity index is 634. The van der Waals surface area contributed by atoms with E-state index >= 15 is 0 Å². The first-order valence-electron chi connectivity index (χ1n) is 5.83. The molecule has 19 heavy (non-hydrogen) atoms. The number of carbonyl (C=O) groups is 1. The number of carboxylic acids is 1. The van der Waals surface area contributed by atoms with Crippen molar-refractivity contribution in [3.8, 4) is 10.4 Å². The highest BCUT2D eigenvalue weighted by Crippen LogP contribution is 2.42. The Morgan fingerprint density at radius 2 is 2.11 bits per heavy atom. The lowest BCUT2D eigenvalue weighted by Gasteiger charge is -2.09. The summed E-state index contributed by atoms with van der Waals surface area (Å²) in [5, 5.41) is 9.14. The summed E-state index contributed by atoms with van der Waals surface area (Å²) in [5.74, 6) is -1.33. The molecule has 0 spiro atoms. The summed E-state index contributed by atoms with van der Waals surface area (Å²) >= 11 is 1.09. The fourth-order valence-corrected chi connectivity index (χ4v) is 3.24. The molecule has 2 rings (SSSR count). The van der Waals surface area contributed by atoms with Crippen molar-refractivity contribution in [3.63, 3.8) is 0 Å². The molecule has 0 aliphatic rings. The van der Waals surface area contributed by atoms with Crippen molar-refractivity contribution in [3.05, 3.63) is 40.5 Å². The average Bonchev–Trinajstić information content (AvgIpc) is 2.67. The maximum absolute atomic E-state index is 13.3. The molecule has 5 heteroatoms. The zero-order valence-electron chi connectivity index (χ0n) is 10.6. The van der Waals surface area contributed by atoms with Gasteiger partial charge in [0.2, 0.25) is 0 Å². The number of hydrogen-bond donors (Lipinski definition) is 2. The highest BCUT2D eigenvalue weighted by atomic mass is 32.1. The van der Waals surface area contributed by atoms with E-state index in [0.29, 0.717) is 5.56 Å². The lowest BCUT2D eigenvalue weighted by molar-refractivity contribution is 0.0703. The first kappa shape index (κ1) is 13.5. The number of aromatic carboxylic acids is 1. The molecule has 0 bridgehead atoms. The predicted octanol–water partition coefficient (Wildman–Crippen LogP) is 3.96. The second-order valence-corrected chi connectivity index (χ2v) is 5.58. The Labute approximate surface area is 114 Å². The van der Waals surface area contributed by atoms with Crippen LogP contribution in [0.3, 0.4) is 0 Å². The quantitative estimate of drug-likeness (QED) is 0.894. The minimum Gasteiger partial charge on any atom is -0.477 e. The van der Waals surface area contributed by atoms with Crippen molar-refractivity contribution in [2.75, 3.05) is 5.73 Å². The van der Waals surface area contributed by atoms with Gasteiger partial charge in [-0.15, -0.1) is 11.3 Å². The van der Waals surface area contributed by atoms with E-state index < -0.39 is 5.97 Å². The molecule has 2 aromatic rings. The van der Waals surface area contributed by atoms with Crippen LogP contribution in [0.25, 0.3) is 10.4 Å². The molecule has 1 heterocycles. The van der Waals surface area contributed by atoms with Crippen molar-refractivity contribution in [1.82, 2.24) is 0 Å². The van der Waals surface area contributed by atoms with Crippen LogP contribution in [0.5, 0.6) is 0 Å². The molecular weight excluding hydrogens is 265 g/mol. The first-order valence-corrected chi connectivity index (χ1v) is 6.64. The summed E-state index contributed by atoms with van der Waals surface area (Å²) < 4.78 is 13.3. The normalized spacial score (nSPS) is 10.9. The SMILES string of the molecule is CC(C)c1c(-c2cccc(F)c2)sc(C(=O)O)c1N. The third-order valence-corrected chi connectivity index (χ3v) is 4.10. The Morgan fingerprint density at radius 3 is 2.63 bits per heavy atom. The molecule has 0 fully saturated rings. The molecule has 0 radical (unpaired) electrons. The number of nitrogens with two attached hydrogens (primary N) is 1. The van der Waals surface area contributed by atoms with E-state index in [1.54, 1.807) is 12.1 Å². The summed E-state index contributed by atoms with van der Waals surface area (Å²) in [6.45, 7) is 3.87. The summed E-state index contributed by atoms with van der Waals surface area (Å²) in [4.78, 5) is 12.0. The van der Waals surface area contributed by atoms with Gasteiger partial charge in [0.1, 0.15) is 10.7 Å². The summed E-state index contributed by atoms with van der Waals surface area (Å²) in [5.41, 5.74) is 7.63. The third-order valence-electron chi connectivity index (χ3n) is 2.84. The molecule has 3 nitrogen and oxygen atoms in total. The number of hydrogen-bond acceptors (Lipinski definition) is 3. The summed E-state index contributed by atoms with van der Waals surface area (Å²) in [6.07, 6.45) is 0. The van der Waals surface area contributed by atoms with Crippen molar-refractivity contribution >= 4 is 23.0 Å². The van der Waals surface area contributed by atoms with Crippen LogP contribution in [0, 0.1) is 5.82 Å². The third kappa shape index (κ3) is 2.46. The summed E-state index contributed by atoms with van der Waals surface area (Å²) in [7, 11) is 0. The highest BCUT2D eigenvalue weighted by molar-refractivity contribution is 7.18. The molecule has 0 aliphatic heterocycles. The van der Waals surface area contributed by atoms with Gasteiger partial charge in [0.05, 0.1) is 5.69 Å². The van der Waals surface area contributed by atoms with E-state index in [0.717, 1.165) is 21.8 Å². The van der Waals surface area contributed by atoms with Gasteiger partial charge < -0.3 is 10.8 Å². The zero-order chi connectivity index (χ0) is 14.2. The van der Waals surface area contributed by atoms with Crippen molar-refractivity contribution in [1.29, 1.82) is 0 Å². The molecule has 3 N–H and O–H groups in total. The fourth-order valence-electron chi connectivity index (χ4n) is 2.03. The standard InChI is InChI=1S/C14H14FNO2S/c1-7(2)10-11(16)13(14(17)18)19-12(10)8-4-3-5-9(15)6-8/h3-7H,16H2,1-2H3,(H,17,18). The molecule has 100 valence electrons. The van der Waals surface area contributed by atoms with E-state index in [-0.39, 0.29) is 22.3 Å². The molecule has 0 aliphatic carbocycles. The van der Waals surface area contributed by atoms with Crippen LogP contribution in [0.1, 0.15) is 35.0 Å². The number of nitrogen functional groups attached to an aromatic ring is 1. The van der Waals surface area contributed by atoms with E-state index in [2.05, 4.69) is 0 Å². The molecular formula is C14H14FNO2S. The monoisotopic (exact) mass is 279 g/mol. The Hall–Kier alpha value is -1.88. The van der Waals surface area contributed by atoms with Gasteiger partial charge >= 0.3 is 5.97 Å². The second-order valence-electron chi connectivity index (χ2n) is 4.56. The fraction of sp³-hybridized carbons (Fsp3) is 0.214. The molecule has 0 unspecified atom stereocenters. The van der Waals surface area contributed by atoms with E-state index in [1.165, 1.54) is 12.1 Å². The maximum atomic E-state index is 13.3. The Balaban J connectivity index is 2.69. The number of benzene rings is 1. The summed E-state index contributed by atoms with van der Waals surface area (Å²) in [6, 6.07) is 6.10. The highest BCUT2D eigenvalue weighted by Gasteiger charge is 2.23. The van der Waals surface area contributed by atoms with Crippen LogP contribution in [-0.4, -0.2) is 11.1 Å². The molecule has 0 atom stereocenters. The van der Waals surface area contributed by atoms with Gasteiger partial charge in [-0.2, -0.15) is 0 Å². The first-order chi connectivity index (χ1) is 8.91. The smallest absolute Gasteiger partial charge is 0.348 e. The number of carboxylic acid groups (broad SMARTS) is 1. The number of thiophene rings is 1. The molecule has 1 aromatic carbocycles. The van der Waals surface area contributed by atoms with E-state index in [9.17, 15) is 9.18 Å². The van der Waals surface area contributed by atoms with Crippen LogP contribution in [0.15, 0.2) is 24.3 Å².